The Morgan fingerprint density at radius 1 is 1.33 bits per heavy atom. The molecule has 112 valence electrons. The molecule has 0 bridgehead atoms. The molecule has 21 heavy (non-hydrogen) atoms. The number of hydrogen-bond acceptors (Lipinski definition) is 3. The number of amides is 1. The van der Waals surface area contributed by atoms with Gasteiger partial charge in [-0.15, -0.1) is 6.42 Å². The molecule has 2 atom stereocenters. The Morgan fingerprint density at radius 3 is 2.57 bits per heavy atom. The first-order valence-corrected chi connectivity index (χ1v) is 7.01. The molecule has 0 aliphatic rings. The molecule has 0 radical (unpaired) electrons. The first kappa shape index (κ1) is 16.8. The number of rotatable bonds is 7. The van der Waals surface area contributed by atoms with Gasteiger partial charge in [0.25, 0.3) is 5.91 Å². The van der Waals surface area contributed by atoms with Crippen LogP contribution in [0.25, 0.3) is 0 Å². The van der Waals surface area contributed by atoms with Crippen LogP contribution in [0, 0.1) is 18.3 Å². The zero-order valence-corrected chi connectivity index (χ0v) is 12.5. The molecule has 0 aliphatic carbocycles. The van der Waals surface area contributed by atoms with E-state index in [2.05, 4.69) is 11.2 Å². The minimum absolute atomic E-state index is 0.129. The Hall–Kier alpha value is -2.28. The number of hydrogen-bond donors (Lipinski definition) is 1. The number of ether oxygens (including phenoxy) is 1. The zero-order chi connectivity index (χ0) is 15.7. The van der Waals surface area contributed by atoms with Crippen molar-refractivity contribution < 1.29 is 14.3 Å². The standard InChI is InChI=1S/C17H21NO3/c1-4-11-18-15(19)12-21-17(20)16(13(3)5-2)14-9-7-6-8-10-14/h1,6-10,13,16H,5,11-12H2,2-3H3,(H,18,19)/t13-,16+/m1/s1. The first-order chi connectivity index (χ1) is 10.1. The first-order valence-electron chi connectivity index (χ1n) is 7.01. The molecule has 0 unspecified atom stereocenters. The normalized spacial score (nSPS) is 12.8. The molecule has 4 nitrogen and oxygen atoms in total. The minimum Gasteiger partial charge on any atom is -0.455 e. The quantitative estimate of drug-likeness (QED) is 0.617. The summed E-state index contributed by atoms with van der Waals surface area (Å²) in [6.45, 7) is 3.84. The van der Waals surface area contributed by atoms with Crippen LogP contribution in [0.5, 0.6) is 0 Å². The number of terminal acetylenes is 1. The van der Waals surface area contributed by atoms with E-state index in [4.69, 9.17) is 11.2 Å². The van der Waals surface area contributed by atoms with Gasteiger partial charge in [0.15, 0.2) is 6.61 Å². The Kier molecular flexibility index (Phi) is 7.03. The van der Waals surface area contributed by atoms with E-state index < -0.39 is 5.91 Å². The molecule has 1 rings (SSSR count). The van der Waals surface area contributed by atoms with E-state index in [1.54, 1.807) is 0 Å². The highest BCUT2D eigenvalue weighted by atomic mass is 16.5. The van der Waals surface area contributed by atoms with Gasteiger partial charge in [-0.25, -0.2) is 0 Å². The average molecular weight is 287 g/mol. The number of carbonyl (C=O) groups excluding carboxylic acids is 2. The summed E-state index contributed by atoms with van der Waals surface area (Å²) in [6, 6.07) is 9.47. The van der Waals surface area contributed by atoms with Crippen LogP contribution in [0.1, 0.15) is 31.7 Å². The van der Waals surface area contributed by atoms with Crippen LogP contribution in [0.3, 0.4) is 0 Å². The third-order valence-electron chi connectivity index (χ3n) is 3.36. The largest absolute Gasteiger partial charge is 0.455 e. The van der Waals surface area contributed by atoms with Crippen molar-refractivity contribution >= 4 is 11.9 Å². The zero-order valence-electron chi connectivity index (χ0n) is 12.5. The third kappa shape index (κ3) is 5.31. The summed E-state index contributed by atoms with van der Waals surface area (Å²) < 4.78 is 5.12. The lowest BCUT2D eigenvalue weighted by Gasteiger charge is -2.21. The van der Waals surface area contributed by atoms with Gasteiger partial charge >= 0.3 is 5.97 Å². The van der Waals surface area contributed by atoms with Gasteiger partial charge in [-0.05, 0) is 11.5 Å². The van der Waals surface area contributed by atoms with E-state index in [0.29, 0.717) is 0 Å². The van der Waals surface area contributed by atoms with Crippen molar-refractivity contribution in [3.63, 3.8) is 0 Å². The monoisotopic (exact) mass is 287 g/mol. The van der Waals surface area contributed by atoms with E-state index in [-0.39, 0.29) is 31.0 Å². The van der Waals surface area contributed by atoms with Gasteiger partial charge in [0.2, 0.25) is 0 Å². The lowest BCUT2D eigenvalue weighted by atomic mass is 9.86. The lowest BCUT2D eigenvalue weighted by molar-refractivity contribution is -0.151. The second kappa shape index (κ2) is 8.80. The summed E-state index contributed by atoms with van der Waals surface area (Å²) in [6.07, 6.45) is 5.89. The number of esters is 1. The van der Waals surface area contributed by atoms with Crippen LogP contribution in [-0.2, 0) is 14.3 Å². The van der Waals surface area contributed by atoms with Crippen LogP contribution in [0.15, 0.2) is 30.3 Å². The van der Waals surface area contributed by atoms with Gasteiger partial charge in [0.1, 0.15) is 0 Å². The molecule has 0 aliphatic heterocycles. The molecular formula is C17H21NO3. The highest BCUT2D eigenvalue weighted by Crippen LogP contribution is 2.28. The fourth-order valence-corrected chi connectivity index (χ4v) is 2.02. The van der Waals surface area contributed by atoms with E-state index in [9.17, 15) is 9.59 Å². The maximum atomic E-state index is 12.3. The summed E-state index contributed by atoms with van der Waals surface area (Å²) in [4.78, 5) is 23.7. The van der Waals surface area contributed by atoms with Crippen molar-refractivity contribution in [2.75, 3.05) is 13.2 Å². The van der Waals surface area contributed by atoms with E-state index in [1.807, 2.05) is 44.2 Å². The van der Waals surface area contributed by atoms with Crippen molar-refractivity contribution in [1.82, 2.24) is 5.32 Å². The fraction of sp³-hybridized carbons (Fsp3) is 0.412. The van der Waals surface area contributed by atoms with Gasteiger partial charge in [-0.3, -0.25) is 9.59 Å². The maximum absolute atomic E-state index is 12.3. The minimum atomic E-state index is -0.391. The molecule has 0 saturated carbocycles. The van der Waals surface area contributed by atoms with E-state index in [0.717, 1.165) is 12.0 Å². The lowest BCUT2D eigenvalue weighted by Crippen LogP contribution is -2.31. The SMILES string of the molecule is C#CCNC(=O)COC(=O)[C@H](c1ccccc1)[C@H](C)CC. The Labute approximate surface area is 125 Å². The molecule has 0 fully saturated rings. The van der Waals surface area contributed by atoms with Crippen LogP contribution in [-0.4, -0.2) is 25.0 Å². The molecule has 1 amide bonds. The Bertz CT molecular complexity index is 505. The summed E-state index contributed by atoms with van der Waals surface area (Å²) >= 11 is 0. The van der Waals surface area contributed by atoms with Crippen molar-refractivity contribution in [3.05, 3.63) is 35.9 Å². The van der Waals surface area contributed by atoms with Crippen LogP contribution >= 0.6 is 0 Å². The van der Waals surface area contributed by atoms with Crippen LogP contribution in [0.2, 0.25) is 0 Å². The van der Waals surface area contributed by atoms with Gasteiger partial charge < -0.3 is 10.1 Å². The van der Waals surface area contributed by atoms with Crippen molar-refractivity contribution in [2.24, 2.45) is 5.92 Å². The second-order valence-electron chi connectivity index (χ2n) is 4.86. The third-order valence-corrected chi connectivity index (χ3v) is 3.36. The molecule has 4 heteroatoms. The van der Waals surface area contributed by atoms with Crippen molar-refractivity contribution in [1.29, 1.82) is 0 Å². The molecule has 0 aromatic heterocycles. The molecular weight excluding hydrogens is 266 g/mol. The van der Waals surface area contributed by atoms with Crippen LogP contribution < -0.4 is 5.32 Å². The predicted molar refractivity (Wildman–Crippen MR) is 81.4 cm³/mol. The van der Waals surface area contributed by atoms with Gasteiger partial charge in [-0.2, -0.15) is 0 Å². The maximum Gasteiger partial charge on any atom is 0.314 e. The number of carbonyl (C=O) groups is 2. The van der Waals surface area contributed by atoms with Crippen molar-refractivity contribution in [2.45, 2.75) is 26.2 Å². The molecule has 0 spiro atoms. The summed E-state index contributed by atoms with van der Waals surface area (Å²) in [5.41, 5.74) is 0.904. The predicted octanol–water partition coefficient (Wildman–Crippen LogP) is 2.11. The number of benzene rings is 1. The summed E-state index contributed by atoms with van der Waals surface area (Å²) in [5.74, 6) is 1.28. The molecule has 1 N–H and O–H groups in total. The highest BCUT2D eigenvalue weighted by Gasteiger charge is 2.27. The molecule has 1 aromatic rings. The van der Waals surface area contributed by atoms with Crippen molar-refractivity contribution in [3.8, 4) is 12.3 Å². The molecule has 1 aromatic carbocycles. The van der Waals surface area contributed by atoms with Gasteiger partial charge in [-0.1, -0.05) is 56.5 Å². The second-order valence-corrected chi connectivity index (χ2v) is 4.86. The van der Waals surface area contributed by atoms with E-state index in [1.165, 1.54) is 0 Å². The van der Waals surface area contributed by atoms with Gasteiger partial charge in [0.05, 0.1) is 12.5 Å². The average Bonchev–Trinajstić information content (AvgIpc) is 2.51. The summed E-state index contributed by atoms with van der Waals surface area (Å²) in [5, 5.41) is 2.46. The topological polar surface area (TPSA) is 55.4 Å². The molecule has 0 saturated heterocycles. The Balaban J connectivity index is 2.70. The van der Waals surface area contributed by atoms with Gasteiger partial charge in [0, 0.05) is 0 Å². The smallest absolute Gasteiger partial charge is 0.314 e. The van der Waals surface area contributed by atoms with Crippen LogP contribution in [0.4, 0.5) is 0 Å². The fourth-order valence-electron chi connectivity index (χ4n) is 2.02. The van der Waals surface area contributed by atoms with E-state index >= 15 is 0 Å². The highest BCUT2D eigenvalue weighted by molar-refractivity contribution is 5.83. The number of nitrogens with one attached hydrogen (secondary N) is 1. The Morgan fingerprint density at radius 2 is 2.00 bits per heavy atom. The summed E-state index contributed by atoms with van der Waals surface area (Å²) in [7, 11) is 0. The molecule has 0 heterocycles.